The topological polar surface area (TPSA) is 63.2 Å². The zero-order valence-electron chi connectivity index (χ0n) is 9.16. The van der Waals surface area contributed by atoms with Gasteiger partial charge in [-0.25, -0.2) is 4.98 Å². The average Bonchev–Trinajstić information content (AvgIpc) is 2.96. The maximum Gasteiger partial charge on any atom is 0.249 e. The Kier molecular flexibility index (Phi) is 3.74. The van der Waals surface area contributed by atoms with Crippen LogP contribution in [0.15, 0.2) is 5.38 Å². The fourth-order valence-corrected chi connectivity index (χ4v) is 2.25. The van der Waals surface area contributed by atoms with Crippen LogP contribution in [0, 0.1) is 0 Å². The number of amides is 1. The smallest absolute Gasteiger partial charge is 0.249 e. The second-order valence-corrected chi connectivity index (χ2v) is 4.47. The lowest BCUT2D eigenvalue weighted by Crippen LogP contribution is -2.33. The largest absolute Gasteiger partial charge is 0.368 e. The minimum Gasteiger partial charge on any atom is -0.368 e. The van der Waals surface area contributed by atoms with Crippen molar-refractivity contribution in [3.8, 4) is 0 Å². The number of anilines is 1. The van der Waals surface area contributed by atoms with Crippen molar-refractivity contribution in [2.75, 3.05) is 19.0 Å². The van der Waals surface area contributed by atoms with Crippen LogP contribution >= 0.6 is 11.3 Å². The number of aromatic nitrogens is 1. The number of ether oxygens (including phenoxy) is 1. The van der Waals surface area contributed by atoms with E-state index in [1.165, 1.54) is 11.3 Å². The first-order valence-electron chi connectivity index (χ1n) is 5.31. The predicted molar refractivity (Wildman–Crippen MR) is 62.5 cm³/mol. The molecule has 1 aliphatic rings. The van der Waals surface area contributed by atoms with Crippen molar-refractivity contribution in [2.24, 2.45) is 0 Å². The van der Waals surface area contributed by atoms with Crippen LogP contribution in [0.2, 0.25) is 0 Å². The first-order valence-corrected chi connectivity index (χ1v) is 6.19. The summed E-state index contributed by atoms with van der Waals surface area (Å²) in [7, 11) is 1.83. The molecule has 5 nitrogen and oxygen atoms in total. The molecule has 1 saturated heterocycles. The molecule has 1 unspecified atom stereocenters. The van der Waals surface area contributed by atoms with Crippen molar-refractivity contribution in [2.45, 2.75) is 25.5 Å². The van der Waals surface area contributed by atoms with Gasteiger partial charge in [0.15, 0.2) is 5.13 Å². The van der Waals surface area contributed by atoms with Crippen LogP contribution in [0.1, 0.15) is 18.5 Å². The molecule has 0 aliphatic carbocycles. The van der Waals surface area contributed by atoms with Gasteiger partial charge in [-0.15, -0.1) is 11.3 Å². The lowest BCUT2D eigenvalue weighted by Gasteiger charge is -2.08. The Hall–Kier alpha value is -1.14. The molecule has 6 heteroatoms. The third kappa shape index (κ3) is 2.70. The van der Waals surface area contributed by atoms with Gasteiger partial charge in [-0.3, -0.25) is 4.79 Å². The van der Waals surface area contributed by atoms with Crippen molar-refractivity contribution in [1.29, 1.82) is 0 Å². The number of rotatable bonds is 4. The van der Waals surface area contributed by atoms with Gasteiger partial charge in [0.1, 0.15) is 6.10 Å². The zero-order valence-corrected chi connectivity index (χ0v) is 9.97. The number of hydrogen-bond acceptors (Lipinski definition) is 5. The lowest BCUT2D eigenvalue weighted by molar-refractivity contribution is -0.130. The molecule has 88 valence electrons. The molecule has 1 fully saturated rings. The predicted octanol–water partition coefficient (Wildman–Crippen LogP) is 0.980. The SMILES string of the molecule is CNc1nc(CNC(=O)C2CCCO2)cs1. The highest BCUT2D eigenvalue weighted by Gasteiger charge is 2.23. The first-order chi connectivity index (χ1) is 7.79. The molecular formula is C10H15N3O2S. The summed E-state index contributed by atoms with van der Waals surface area (Å²) < 4.78 is 5.29. The van der Waals surface area contributed by atoms with Crippen LogP contribution in [0.5, 0.6) is 0 Å². The number of nitrogens with zero attached hydrogens (tertiary/aromatic N) is 1. The number of carbonyl (C=O) groups excluding carboxylic acids is 1. The maximum absolute atomic E-state index is 11.6. The van der Waals surface area contributed by atoms with Crippen molar-refractivity contribution in [1.82, 2.24) is 10.3 Å². The van der Waals surface area contributed by atoms with Gasteiger partial charge in [-0.2, -0.15) is 0 Å². The van der Waals surface area contributed by atoms with E-state index in [1.807, 2.05) is 12.4 Å². The summed E-state index contributed by atoms with van der Waals surface area (Å²) >= 11 is 1.53. The minimum atomic E-state index is -0.262. The molecule has 1 aromatic heterocycles. The fourth-order valence-electron chi connectivity index (χ4n) is 1.58. The Morgan fingerprint density at radius 3 is 3.25 bits per heavy atom. The van der Waals surface area contributed by atoms with E-state index in [0.717, 1.165) is 23.7 Å². The van der Waals surface area contributed by atoms with Gasteiger partial charge in [0.05, 0.1) is 12.2 Å². The third-order valence-corrected chi connectivity index (χ3v) is 3.34. The fraction of sp³-hybridized carbons (Fsp3) is 0.600. The summed E-state index contributed by atoms with van der Waals surface area (Å²) in [5.41, 5.74) is 0.876. The summed E-state index contributed by atoms with van der Waals surface area (Å²) in [5.74, 6) is -0.0310. The summed E-state index contributed by atoms with van der Waals surface area (Å²) in [5, 5.41) is 8.59. The standard InChI is InChI=1S/C10H15N3O2S/c1-11-10-13-7(6-16-10)5-12-9(14)8-3-2-4-15-8/h6,8H,2-5H2,1H3,(H,11,13)(H,12,14). The molecule has 2 N–H and O–H groups in total. The van der Waals surface area contributed by atoms with E-state index in [1.54, 1.807) is 0 Å². The summed E-state index contributed by atoms with van der Waals surface area (Å²) in [4.78, 5) is 15.9. The Bertz CT molecular complexity index is 361. The van der Waals surface area contributed by atoms with E-state index in [0.29, 0.717) is 13.2 Å². The van der Waals surface area contributed by atoms with E-state index in [9.17, 15) is 4.79 Å². The van der Waals surface area contributed by atoms with Gasteiger partial charge >= 0.3 is 0 Å². The molecule has 1 atom stereocenters. The van der Waals surface area contributed by atoms with Crippen LogP contribution in [-0.4, -0.2) is 30.6 Å². The minimum absolute atomic E-state index is 0.0310. The van der Waals surface area contributed by atoms with Crippen molar-refractivity contribution in [3.05, 3.63) is 11.1 Å². The second-order valence-electron chi connectivity index (χ2n) is 3.61. The van der Waals surface area contributed by atoms with E-state index >= 15 is 0 Å². The van der Waals surface area contributed by atoms with Gasteiger partial charge < -0.3 is 15.4 Å². The normalized spacial score (nSPS) is 19.7. The monoisotopic (exact) mass is 241 g/mol. The molecule has 1 aromatic rings. The van der Waals surface area contributed by atoms with Gasteiger partial charge in [0.25, 0.3) is 0 Å². The molecule has 1 amide bonds. The molecule has 0 aromatic carbocycles. The molecule has 2 rings (SSSR count). The molecule has 0 bridgehead atoms. The molecular weight excluding hydrogens is 226 g/mol. The van der Waals surface area contributed by atoms with E-state index in [4.69, 9.17) is 4.74 Å². The summed E-state index contributed by atoms with van der Waals surface area (Å²) in [6.07, 6.45) is 1.53. The average molecular weight is 241 g/mol. The van der Waals surface area contributed by atoms with Gasteiger partial charge in [0.2, 0.25) is 5.91 Å². The highest BCUT2D eigenvalue weighted by molar-refractivity contribution is 7.13. The van der Waals surface area contributed by atoms with Gasteiger partial charge in [-0.05, 0) is 12.8 Å². The molecule has 2 heterocycles. The number of hydrogen-bond donors (Lipinski definition) is 2. The lowest BCUT2D eigenvalue weighted by atomic mass is 10.2. The van der Waals surface area contributed by atoms with Crippen molar-refractivity contribution >= 4 is 22.4 Å². The highest BCUT2D eigenvalue weighted by Crippen LogP contribution is 2.15. The Morgan fingerprint density at radius 1 is 1.75 bits per heavy atom. The maximum atomic E-state index is 11.6. The Balaban J connectivity index is 1.80. The van der Waals surface area contributed by atoms with Gasteiger partial charge in [-0.1, -0.05) is 0 Å². The van der Waals surface area contributed by atoms with Crippen LogP contribution in [0.4, 0.5) is 5.13 Å². The second kappa shape index (κ2) is 5.27. The zero-order chi connectivity index (χ0) is 11.4. The summed E-state index contributed by atoms with van der Waals surface area (Å²) in [6.45, 7) is 1.16. The quantitative estimate of drug-likeness (QED) is 0.825. The highest BCUT2D eigenvalue weighted by atomic mass is 32.1. The number of nitrogens with one attached hydrogen (secondary N) is 2. The van der Waals surface area contributed by atoms with Crippen LogP contribution in [-0.2, 0) is 16.1 Å². The van der Waals surface area contributed by atoms with Crippen LogP contribution in [0.25, 0.3) is 0 Å². The van der Waals surface area contributed by atoms with Crippen LogP contribution < -0.4 is 10.6 Å². The first kappa shape index (κ1) is 11.3. The summed E-state index contributed by atoms with van der Waals surface area (Å²) in [6, 6.07) is 0. The van der Waals surface area contributed by atoms with E-state index in [2.05, 4.69) is 15.6 Å². The molecule has 1 aliphatic heterocycles. The number of thiazole rings is 1. The molecule has 16 heavy (non-hydrogen) atoms. The van der Waals surface area contributed by atoms with Crippen LogP contribution in [0.3, 0.4) is 0 Å². The van der Waals surface area contributed by atoms with Crippen molar-refractivity contribution < 1.29 is 9.53 Å². The van der Waals surface area contributed by atoms with E-state index < -0.39 is 0 Å². The third-order valence-electron chi connectivity index (χ3n) is 2.43. The Labute approximate surface area is 98.2 Å². The molecule has 0 radical (unpaired) electrons. The molecule has 0 saturated carbocycles. The number of carbonyl (C=O) groups is 1. The molecule has 0 spiro atoms. The van der Waals surface area contributed by atoms with Gasteiger partial charge in [0, 0.05) is 19.0 Å². The van der Waals surface area contributed by atoms with Crippen molar-refractivity contribution in [3.63, 3.8) is 0 Å². The van der Waals surface area contributed by atoms with E-state index in [-0.39, 0.29) is 12.0 Å². The Morgan fingerprint density at radius 2 is 2.62 bits per heavy atom.